The summed E-state index contributed by atoms with van der Waals surface area (Å²) < 4.78 is 40.1. The first kappa shape index (κ1) is 16.0. The Morgan fingerprint density at radius 1 is 1.14 bits per heavy atom. The van der Waals surface area contributed by atoms with Gasteiger partial charge in [-0.05, 0) is 23.9 Å². The van der Waals surface area contributed by atoms with Crippen molar-refractivity contribution in [2.24, 2.45) is 5.41 Å². The Morgan fingerprint density at radius 3 is 2.10 bits per heavy atom. The number of benzene rings is 1. The van der Waals surface area contributed by atoms with Crippen LogP contribution in [0.5, 0.6) is 0 Å². The average Bonchev–Trinajstić information content (AvgIpc) is 2.87. The lowest BCUT2D eigenvalue weighted by molar-refractivity contribution is -0.197. The van der Waals surface area contributed by atoms with Gasteiger partial charge in [-0.2, -0.15) is 13.2 Å². The summed E-state index contributed by atoms with van der Waals surface area (Å²) in [5, 5.41) is 2.67. The van der Waals surface area contributed by atoms with Gasteiger partial charge < -0.3 is 5.32 Å². The maximum Gasteiger partial charge on any atom is 0.402 e. The highest BCUT2D eigenvalue weighted by Crippen LogP contribution is 2.45. The van der Waals surface area contributed by atoms with Gasteiger partial charge in [-0.1, -0.05) is 45.0 Å². The van der Waals surface area contributed by atoms with E-state index in [9.17, 15) is 18.0 Å². The van der Waals surface area contributed by atoms with E-state index < -0.39 is 17.4 Å². The number of hydrogen-bond acceptors (Lipinski definition) is 2. The van der Waals surface area contributed by atoms with Crippen LogP contribution in [-0.2, 0) is 5.41 Å². The summed E-state index contributed by atoms with van der Waals surface area (Å²) in [5.41, 5.74) is -1.26. The van der Waals surface area contributed by atoms with Crippen LogP contribution in [0.4, 0.5) is 13.2 Å². The Morgan fingerprint density at radius 2 is 1.71 bits per heavy atom. The Hall–Kier alpha value is -1.36. The zero-order valence-electron chi connectivity index (χ0n) is 12.5. The zero-order chi connectivity index (χ0) is 15.9. The van der Waals surface area contributed by atoms with Gasteiger partial charge in [0, 0.05) is 12.1 Å². The highest BCUT2D eigenvalue weighted by Gasteiger charge is 2.61. The van der Waals surface area contributed by atoms with Crippen LogP contribution < -0.4 is 5.32 Å². The number of ketones is 1. The molecular formula is C16H20F3NO. The molecule has 1 fully saturated rings. The summed E-state index contributed by atoms with van der Waals surface area (Å²) in [4.78, 5) is 12.4. The predicted molar refractivity (Wildman–Crippen MR) is 75.4 cm³/mol. The molecule has 0 saturated carbocycles. The van der Waals surface area contributed by atoms with Crippen molar-refractivity contribution in [2.75, 3.05) is 13.1 Å². The van der Waals surface area contributed by atoms with Gasteiger partial charge in [0.2, 0.25) is 0 Å². The summed E-state index contributed by atoms with van der Waals surface area (Å²) in [5.74, 6) is -0.833. The van der Waals surface area contributed by atoms with Gasteiger partial charge >= 0.3 is 6.18 Å². The second kappa shape index (κ2) is 5.13. The van der Waals surface area contributed by atoms with Crippen LogP contribution in [0.1, 0.15) is 43.1 Å². The molecule has 0 spiro atoms. The number of halogens is 3. The molecule has 0 aliphatic carbocycles. The van der Waals surface area contributed by atoms with E-state index in [-0.39, 0.29) is 30.5 Å². The standard InChI is InChI=1S/C16H20F3NO/c1-14(2,3)12-6-4-11(5-7-12)13(21)15(16(17,18)19)8-9-20-10-15/h4-7,20H,8-10H2,1-3H3. The molecule has 1 atom stereocenters. The number of hydrogen-bond donors (Lipinski definition) is 1. The topological polar surface area (TPSA) is 29.1 Å². The second-order valence-corrected chi connectivity index (χ2v) is 6.66. The molecule has 0 amide bonds. The van der Waals surface area contributed by atoms with Crippen LogP contribution in [0.25, 0.3) is 0 Å². The van der Waals surface area contributed by atoms with E-state index in [1.807, 2.05) is 20.8 Å². The first-order valence-corrected chi connectivity index (χ1v) is 7.01. The molecule has 1 aliphatic rings. The molecule has 1 N–H and O–H groups in total. The predicted octanol–water partition coefficient (Wildman–Crippen LogP) is 3.71. The van der Waals surface area contributed by atoms with Crippen molar-refractivity contribution in [3.8, 4) is 0 Å². The Balaban J connectivity index is 2.35. The van der Waals surface area contributed by atoms with Crippen LogP contribution in [0.2, 0.25) is 0 Å². The second-order valence-electron chi connectivity index (χ2n) is 6.66. The summed E-state index contributed by atoms with van der Waals surface area (Å²) in [6, 6.07) is 6.49. The van der Waals surface area contributed by atoms with Gasteiger partial charge in [0.25, 0.3) is 0 Å². The summed E-state index contributed by atoms with van der Waals surface area (Å²) >= 11 is 0. The van der Waals surface area contributed by atoms with Crippen molar-refractivity contribution in [1.29, 1.82) is 0 Å². The lowest BCUT2D eigenvalue weighted by Crippen LogP contribution is -2.46. The third-order valence-electron chi connectivity index (χ3n) is 4.15. The quantitative estimate of drug-likeness (QED) is 0.844. The molecule has 21 heavy (non-hydrogen) atoms. The number of nitrogens with one attached hydrogen (secondary N) is 1. The Bertz CT molecular complexity index is 520. The zero-order valence-corrected chi connectivity index (χ0v) is 12.5. The monoisotopic (exact) mass is 299 g/mol. The summed E-state index contributed by atoms with van der Waals surface area (Å²) in [7, 11) is 0. The van der Waals surface area contributed by atoms with E-state index in [0.29, 0.717) is 0 Å². The van der Waals surface area contributed by atoms with Gasteiger partial charge in [-0.25, -0.2) is 0 Å². The van der Waals surface area contributed by atoms with Crippen LogP contribution in [0.3, 0.4) is 0 Å². The molecule has 0 bridgehead atoms. The molecular weight excluding hydrogens is 279 g/mol. The van der Waals surface area contributed by atoms with Crippen molar-refractivity contribution in [2.45, 2.75) is 38.8 Å². The maximum absolute atomic E-state index is 13.4. The van der Waals surface area contributed by atoms with Crippen molar-refractivity contribution in [1.82, 2.24) is 5.32 Å². The van der Waals surface area contributed by atoms with Crippen LogP contribution >= 0.6 is 0 Å². The molecule has 1 unspecified atom stereocenters. The first-order valence-electron chi connectivity index (χ1n) is 7.01. The minimum Gasteiger partial charge on any atom is -0.315 e. The van der Waals surface area contributed by atoms with Crippen molar-refractivity contribution in [3.05, 3.63) is 35.4 Å². The molecule has 1 aliphatic heterocycles. The van der Waals surface area contributed by atoms with Gasteiger partial charge in [0.15, 0.2) is 5.78 Å². The van der Waals surface area contributed by atoms with E-state index in [1.54, 1.807) is 12.1 Å². The molecule has 1 aromatic carbocycles. The van der Waals surface area contributed by atoms with E-state index in [1.165, 1.54) is 12.1 Å². The Labute approximate surface area is 122 Å². The fourth-order valence-electron chi connectivity index (χ4n) is 2.65. The maximum atomic E-state index is 13.4. The summed E-state index contributed by atoms with van der Waals surface area (Å²) in [6.45, 7) is 5.92. The van der Waals surface area contributed by atoms with Gasteiger partial charge in [0.1, 0.15) is 5.41 Å². The van der Waals surface area contributed by atoms with Gasteiger partial charge in [0.05, 0.1) is 0 Å². The molecule has 1 saturated heterocycles. The van der Waals surface area contributed by atoms with E-state index in [0.717, 1.165) is 5.56 Å². The van der Waals surface area contributed by atoms with Gasteiger partial charge in [-0.3, -0.25) is 4.79 Å². The summed E-state index contributed by atoms with van der Waals surface area (Å²) in [6.07, 6.45) is -4.73. The smallest absolute Gasteiger partial charge is 0.315 e. The van der Waals surface area contributed by atoms with E-state index in [2.05, 4.69) is 5.32 Å². The molecule has 1 aromatic rings. The third-order valence-corrected chi connectivity index (χ3v) is 4.15. The minimum absolute atomic E-state index is 0.0990. The molecule has 116 valence electrons. The highest BCUT2D eigenvalue weighted by molar-refractivity contribution is 6.01. The SMILES string of the molecule is CC(C)(C)c1ccc(C(=O)C2(C(F)(F)F)CCNC2)cc1. The molecule has 5 heteroatoms. The molecule has 0 radical (unpaired) electrons. The number of carbonyl (C=O) groups excluding carboxylic acids is 1. The van der Waals surface area contributed by atoms with E-state index in [4.69, 9.17) is 0 Å². The molecule has 1 heterocycles. The fourth-order valence-corrected chi connectivity index (χ4v) is 2.65. The fraction of sp³-hybridized carbons (Fsp3) is 0.562. The first-order chi connectivity index (χ1) is 9.58. The third kappa shape index (κ3) is 2.84. The van der Waals surface area contributed by atoms with Crippen molar-refractivity contribution < 1.29 is 18.0 Å². The molecule has 2 nitrogen and oxygen atoms in total. The largest absolute Gasteiger partial charge is 0.402 e. The van der Waals surface area contributed by atoms with E-state index >= 15 is 0 Å². The Kier molecular flexibility index (Phi) is 3.91. The van der Waals surface area contributed by atoms with Crippen LogP contribution in [-0.4, -0.2) is 25.0 Å². The van der Waals surface area contributed by atoms with Crippen LogP contribution in [0, 0.1) is 5.41 Å². The van der Waals surface area contributed by atoms with Crippen LogP contribution in [0.15, 0.2) is 24.3 Å². The van der Waals surface area contributed by atoms with Crippen molar-refractivity contribution in [3.63, 3.8) is 0 Å². The average molecular weight is 299 g/mol. The molecule has 2 rings (SSSR count). The minimum atomic E-state index is -4.53. The lowest BCUT2D eigenvalue weighted by Gasteiger charge is -2.29. The van der Waals surface area contributed by atoms with Gasteiger partial charge in [-0.15, -0.1) is 0 Å². The number of alkyl halides is 3. The van der Waals surface area contributed by atoms with Crippen molar-refractivity contribution >= 4 is 5.78 Å². The number of carbonyl (C=O) groups is 1. The number of Topliss-reactive ketones (excluding diaryl/α,β-unsaturated/α-hetero) is 1. The highest BCUT2D eigenvalue weighted by atomic mass is 19.4. The number of rotatable bonds is 2. The molecule has 0 aromatic heterocycles. The normalized spacial score (nSPS) is 23.3. The lowest BCUT2D eigenvalue weighted by atomic mass is 9.78.